The number of cyclic esters (lactones) is 1. The molecule has 52 valence electrons. The fourth-order valence-corrected chi connectivity index (χ4v) is 0.931. The normalized spacial score (nSPS) is 34.7. The molecule has 0 aliphatic carbocycles. The highest BCUT2D eigenvalue weighted by atomic mass is 16.6. The van der Waals surface area contributed by atoms with Crippen molar-refractivity contribution in [3.8, 4) is 0 Å². The number of aliphatic hydroxyl groups is 1. The van der Waals surface area contributed by atoms with Crippen LogP contribution in [0, 0.1) is 5.92 Å². The first-order chi connectivity index (χ1) is 4.24. The second-order valence-corrected chi connectivity index (χ2v) is 2.38. The molecule has 0 radical (unpaired) electrons. The highest BCUT2D eigenvalue weighted by Crippen LogP contribution is 2.19. The molecule has 1 fully saturated rings. The van der Waals surface area contributed by atoms with Crippen LogP contribution >= 0.6 is 0 Å². The van der Waals surface area contributed by atoms with Crippen LogP contribution < -0.4 is 0 Å². The van der Waals surface area contributed by atoms with Gasteiger partial charge < -0.3 is 9.84 Å². The lowest BCUT2D eigenvalue weighted by atomic mass is 10.1. The van der Waals surface area contributed by atoms with E-state index in [1.165, 1.54) is 0 Å². The first-order valence-corrected chi connectivity index (χ1v) is 3.05. The van der Waals surface area contributed by atoms with Gasteiger partial charge in [-0.2, -0.15) is 0 Å². The van der Waals surface area contributed by atoms with Gasteiger partial charge in [-0.1, -0.05) is 6.92 Å². The Labute approximate surface area is 53.6 Å². The molecule has 0 aromatic rings. The average Bonchev–Trinajstić information content (AvgIpc) is 2.13. The van der Waals surface area contributed by atoms with Crippen molar-refractivity contribution in [1.82, 2.24) is 0 Å². The van der Waals surface area contributed by atoms with E-state index < -0.39 is 0 Å². The van der Waals surface area contributed by atoms with Gasteiger partial charge in [0.1, 0.15) is 6.10 Å². The van der Waals surface area contributed by atoms with Crippen molar-refractivity contribution in [2.45, 2.75) is 19.4 Å². The van der Waals surface area contributed by atoms with Crippen LogP contribution in [0.1, 0.15) is 13.3 Å². The third-order valence-electron chi connectivity index (χ3n) is 1.51. The summed E-state index contributed by atoms with van der Waals surface area (Å²) in [6, 6.07) is 0. The summed E-state index contributed by atoms with van der Waals surface area (Å²) in [5.41, 5.74) is 0. The van der Waals surface area contributed by atoms with Gasteiger partial charge in [-0.05, 0) is 6.42 Å². The predicted octanol–water partition coefficient (Wildman–Crippen LogP) is -0.0697. The van der Waals surface area contributed by atoms with Crippen LogP contribution in [-0.2, 0) is 9.53 Å². The van der Waals surface area contributed by atoms with Gasteiger partial charge in [0, 0.05) is 0 Å². The van der Waals surface area contributed by atoms with Crippen molar-refractivity contribution >= 4 is 5.97 Å². The van der Waals surface area contributed by atoms with Crippen molar-refractivity contribution in [1.29, 1.82) is 0 Å². The van der Waals surface area contributed by atoms with E-state index in [1.54, 1.807) is 6.92 Å². The Bertz CT molecular complexity index is 121. The van der Waals surface area contributed by atoms with E-state index in [0.717, 1.165) is 0 Å². The molecule has 0 aromatic carbocycles. The summed E-state index contributed by atoms with van der Waals surface area (Å²) in [6.45, 7) is 1.76. The molecule has 0 spiro atoms. The van der Waals surface area contributed by atoms with E-state index in [9.17, 15) is 4.79 Å². The number of ether oxygens (including phenoxy) is 1. The van der Waals surface area contributed by atoms with Crippen molar-refractivity contribution in [3.63, 3.8) is 0 Å². The van der Waals surface area contributed by atoms with Gasteiger partial charge in [-0.25, -0.2) is 0 Å². The summed E-state index contributed by atoms with van der Waals surface area (Å²) < 4.78 is 4.73. The molecule has 2 atom stereocenters. The highest BCUT2D eigenvalue weighted by molar-refractivity contribution is 5.74. The third kappa shape index (κ3) is 1.21. The van der Waals surface area contributed by atoms with Gasteiger partial charge in [-0.15, -0.1) is 0 Å². The van der Waals surface area contributed by atoms with Gasteiger partial charge in [-0.3, -0.25) is 4.79 Å². The lowest BCUT2D eigenvalue weighted by Gasteiger charge is -2.01. The first kappa shape index (κ1) is 6.55. The molecule has 1 saturated heterocycles. The van der Waals surface area contributed by atoms with Gasteiger partial charge in [0.25, 0.3) is 0 Å². The maximum atomic E-state index is 10.6. The van der Waals surface area contributed by atoms with Crippen LogP contribution in [0.15, 0.2) is 0 Å². The second-order valence-electron chi connectivity index (χ2n) is 2.38. The Hall–Kier alpha value is -0.570. The van der Waals surface area contributed by atoms with E-state index in [2.05, 4.69) is 0 Å². The highest BCUT2D eigenvalue weighted by Gasteiger charge is 2.29. The SMILES string of the molecule is C[C@@H]1C[C@@H](CO)OC1=O. The van der Waals surface area contributed by atoms with Gasteiger partial charge >= 0.3 is 5.97 Å². The molecular weight excluding hydrogens is 120 g/mol. The van der Waals surface area contributed by atoms with E-state index in [4.69, 9.17) is 9.84 Å². The molecule has 0 saturated carbocycles. The Morgan fingerprint density at radius 2 is 2.56 bits per heavy atom. The third-order valence-corrected chi connectivity index (χ3v) is 1.51. The Kier molecular flexibility index (Phi) is 1.71. The second kappa shape index (κ2) is 2.35. The lowest BCUT2D eigenvalue weighted by Crippen LogP contribution is -2.10. The summed E-state index contributed by atoms with van der Waals surface area (Å²) in [4.78, 5) is 10.6. The number of rotatable bonds is 1. The summed E-state index contributed by atoms with van der Waals surface area (Å²) in [6.07, 6.45) is 0.419. The molecule has 9 heavy (non-hydrogen) atoms. The Balaban J connectivity index is 2.44. The van der Waals surface area contributed by atoms with Crippen LogP contribution in [0.4, 0.5) is 0 Å². The minimum absolute atomic E-state index is 0.0258. The molecule has 3 heteroatoms. The topological polar surface area (TPSA) is 46.5 Å². The zero-order chi connectivity index (χ0) is 6.85. The Morgan fingerprint density at radius 3 is 2.78 bits per heavy atom. The molecule has 0 bridgehead atoms. The summed E-state index contributed by atoms with van der Waals surface area (Å²) in [5, 5.41) is 8.52. The van der Waals surface area contributed by atoms with Crippen LogP contribution in [0.2, 0.25) is 0 Å². The standard InChI is InChI=1S/C6H10O3/c1-4-2-5(3-7)9-6(4)8/h4-5,7H,2-3H2,1H3/t4-,5+/m1/s1. The van der Waals surface area contributed by atoms with Crippen molar-refractivity contribution in [3.05, 3.63) is 0 Å². The zero-order valence-corrected chi connectivity index (χ0v) is 5.33. The van der Waals surface area contributed by atoms with Gasteiger partial charge in [0.05, 0.1) is 12.5 Å². The molecule has 1 N–H and O–H groups in total. The number of esters is 1. The molecule has 1 heterocycles. The van der Waals surface area contributed by atoms with Gasteiger partial charge in [0.15, 0.2) is 0 Å². The number of carbonyl (C=O) groups excluding carboxylic acids is 1. The number of carbonyl (C=O) groups is 1. The molecular formula is C6H10O3. The van der Waals surface area contributed by atoms with E-state index in [-0.39, 0.29) is 24.6 Å². The van der Waals surface area contributed by atoms with E-state index in [1.807, 2.05) is 0 Å². The predicted molar refractivity (Wildman–Crippen MR) is 30.7 cm³/mol. The number of hydrogen-bond donors (Lipinski definition) is 1. The molecule has 1 rings (SSSR count). The molecule has 0 unspecified atom stereocenters. The van der Waals surface area contributed by atoms with Crippen molar-refractivity contribution in [2.75, 3.05) is 6.61 Å². The fourth-order valence-electron chi connectivity index (χ4n) is 0.931. The summed E-state index contributed by atoms with van der Waals surface area (Å²) in [7, 11) is 0. The maximum Gasteiger partial charge on any atom is 0.309 e. The van der Waals surface area contributed by atoms with Crippen molar-refractivity contribution < 1.29 is 14.6 Å². The Morgan fingerprint density at radius 1 is 1.89 bits per heavy atom. The summed E-state index contributed by atoms with van der Waals surface area (Å²) in [5.74, 6) is -0.212. The van der Waals surface area contributed by atoms with Crippen molar-refractivity contribution in [2.24, 2.45) is 5.92 Å². The minimum Gasteiger partial charge on any atom is -0.460 e. The molecule has 0 amide bonds. The monoisotopic (exact) mass is 130 g/mol. The number of aliphatic hydroxyl groups excluding tert-OH is 1. The van der Waals surface area contributed by atoms with E-state index >= 15 is 0 Å². The molecule has 0 aromatic heterocycles. The maximum absolute atomic E-state index is 10.6. The minimum atomic E-state index is -0.243. The average molecular weight is 130 g/mol. The number of hydrogen-bond acceptors (Lipinski definition) is 3. The quantitative estimate of drug-likeness (QED) is 0.505. The molecule has 1 aliphatic rings. The summed E-state index contributed by atoms with van der Waals surface area (Å²) >= 11 is 0. The molecule has 1 aliphatic heterocycles. The van der Waals surface area contributed by atoms with Crippen LogP contribution in [0.3, 0.4) is 0 Å². The fraction of sp³-hybridized carbons (Fsp3) is 0.833. The smallest absolute Gasteiger partial charge is 0.309 e. The largest absolute Gasteiger partial charge is 0.460 e. The van der Waals surface area contributed by atoms with E-state index in [0.29, 0.717) is 6.42 Å². The first-order valence-electron chi connectivity index (χ1n) is 3.05. The zero-order valence-electron chi connectivity index (χ0n) is 5.33. The van der Waals surface area contributed by atoms with Crippen LogP contribution in [0.25, 0.3) is 0 Å². The molecule has 3 nitrogen and oxygen atoms in total. The van der Waals surface area contributed by atoms with Crippen LogP contribution in [-0.4, -0.2) is 23.8 Å². The van der Waals surface area contributed by atoms with Gasteiger partial charge in [0.2, 0.25) is 0 Å². The lowest BCUT2D eigenvalue weighted by molar-refractivity contribution is -0.145. The van der Waals surface area contributed by atoms with Crippen LogP contribution in [0.5, 0.6) is 0 Å².